The molecule has 0 aliphatic rings. The highest BCUT2D eigenvalue weighted by Crippen LogP contribution is 2.31. The van der Waals surface area contributed by atoms with Crippen LogP contribution in [0.3, 0.4) is 0 Å². The van der Waals surface area contributed by atoms with Crippen LogP contribution in [0.5, 0.6) is 0 Å². The largest absolute Gasteiger partial charge is 0.330 e. The van der Waals surface area contributed by atoms with E-state index in [-0.39, 0.29) is 0 Å². The molecule has 33 heavy (non-hydrogen) atoms. The zero-order valence-corrected chi connectivity index (χ0v) is 18.5. The van der Waals surface area contributed by atoms with E-state index in [9.17, 15) is 0 Å². The number of benzene rings is 2. The Bertz CT molecular complexity index is 1310. The molecule has 0 unspecified atom stereocenters. The molecule has 2 aromatic carbocycles. The number of hydrogen-bond donors (Lipinski definition) is 1. The molecule has 0 aliphatic carbocycles. The summed E-state index contributed by atoms with van der Waals surface area (Å²) in [6, 6.07) is 20.8. The number of tetrazole rings is 1. The summed E-state index contributed by atoms with van der Waals surface area (Å²) in [5.74, 6) is 1.75. The standard InChI is InChI=1S/C26H25N7/c1-2-3-9-25-28-24(21-12-14-27-15-13-21)18-33(25)17-19-10-11-22(20-7-5-4-6-8-20)23(16-19)26-29-31-32-30-26/h4-8,10-16,18H,2-3,9,17H2,1H3,(H,29,30,31,32). The van der Waals surface area contributed by atoms with Crippen molar-refractivity contribution in [2.75, 3.05) is 0 Å². The molecule has 3 heterocycles. The maximum absolute atomic E-state index is 4.95. The molecule has 0 fully saturated rings. The van der Waals surface area contributed by atoms with Gasteiger partial charge in [0.15, 0.2) is 5.82 Å². The summed E-state index contributed by atoms with van der Waals surface area (Å²) in [6.45, 7) is 2.93. The molecular formula is C26H25N7. The van der Waals surface area contributed by atoms with Gasteiger partial charge in [-0.1, -0.05) is 55.8 Å². The van der Waals surface area contributed by atoms with Gasteiger partial charge in [0.25, 0.3) is 0 Å². The van der Waals surface area contributed by atoms with Gasteiger partial charge in [0.2, 0.25) is 0 Å². The predicted molar refractivity (Wildman–Crippen MR) is 128 cm³/mol. The second-order valence-corrected chi connectivity index (χ2v) is 8.01. The Morgan fingerprint density at radius 1 is 0.909 bits per heavy atom. The van der Waals surface area contributed by atoms with Gasteiger partial charge in [-0.05, 0) is 51.7 Å². The highest BCUT2D eigenvalue weighted by atomic mass is 15.5. The molecule has 7 nitrogen and oxygen atoms in total. The number of rotatable bonds is 8. The molecule has 1 N–H and O–H groups in total. The summed E-state index contributed by atoms with van der Waals surface area (Å²) < 4.78 is 2.26. The van der Waals surface area contributed by atoms with Crippen LogP contribution in [0.2, 0.25) is 0 Å². The van der Waals surface area contributed by atoms with Crippen LogP contribution in [0, 0.1) is 0 Å². The number of nitrogens with zero attached hydrogens (tertiary/aromatic N) is 6. The van der Waals surface area contributed by atoms with Gasteiger partial charge in [-0.25, -0.2) is 10.1 Å². The lowest BCUT2D eigenvalue weighted by atomic mass is 9.97. The molecule has 0 saturated heterocycles. The van der Waals surface area contributed by atoms with Crippen molar-refractivity contribution in [2.45, 2.75) is 32.7 Å². The quantitative estimate of drug-likeness (QED) is 0.363. The van der Waals surface area contributed by atoms with Crippen LogP contribution in [0.1, 0.15) is 31.2 Å². The fourth-order valence-corrected chi connectivity index (χ4v) is 4.01. The summed E-state index contributed by atoms with van der Waals surface area (Å²) in [5.41, 5.74) is 6.41. The fraction of sp³-hybridized carbons (Fsp3) is 0.192. The molecule has 0 amide bonds. The zero-order chi connectivity index (χ0) is 22.5. The lowest BCUT2D eigenvalue weighted by Gasteiger charge is -2.12. The number of unbranched alkanes of at least 4 members (excludes halogenated alkanes) is 1. The van der Waals surface area contributed by atoms with Crippen molar-refractivity contribution in [3.8, 4) is 33.8 Å². The van der Waals surface area contributed by atoms with E-state index in [0.29, 0.717) is 5.82 Å². The molecule has 0 aliphatic heterocycles. The number of aromatic nitrogens is 7. The predicted octanol–water partition coefficient (Wildman–Crippen LogP) is 5.18. The second-order valence-electron chi connectivity index (χ2n) is 8.01. The van der Waals surface area contributed by atoms with E-state index >= 15 is 0 Å². The van der Waals surface area contributed by atoms with Gasteiger partial charge in [-0.15, -0.1) is 5.10 Å². The smallest absolute Gasteiger partial charge is 0.180 e. The number of pyridine rings is 1. The minimum atomic E-state index is 0.657. The van der Waals surface area contributed by atoms with Gasteiger partial charge >= 0.3 is 0 Å². The van der Waals surface area contributed by atoms with E-state index in [2.05, 4.69) is 73.6 Å². The van der Waals surface area contributed by atoms with E-state index < -0.39 is 0 Å². The Morgan fingerprint density at radius 2 is 1.76 bits per heavy atom. The first-order valence-corrected chi connectivity index (χ1v) is 11.2. The highest BCUT2D eigenvalue weighted by Gasteiger charge is 2.14. The molecule has 0 atom stereocenters. The van der Waals surface area contributed by atoms with Crippen LogP contribution in [0.25, 0.3) is 33.8 Å². The van der Waals surface area contributed by atoms with E-state index in [4.69, 9.17) is 4.98 Å². The number of nitrogens with one attached hydrogen (secondary N) is 1. The molecular weight excluding hydrogens is 410 g/mol. The number of H-pyrrole nitrogens is 1. The van der Waals surface area contributed by atoms with Crippen LogP contribution >= 0.6 is 0 Å². The van der Waals surface area contributed by atoms with Crippen molar-refractivity contribution in [1.29, 1.82) is 0 Å². The van der Waals surface area contributed by atoms with E-state index in [0.717, 1.165) is 65.1 Å². The Kier molecular flexibility index (Phi) is 6.01. The number of imidazole rings is 1. The molecule has 5 aromatic rings. The number of hydrogen-bond acceptors (Lipinski definition) is 5. The van der Waals surface area contributed by atoms with Gasteiger partial charge in [0.05, 0.1) is 5.69 Å². The average Bonchev–Trinajstić information content (AvgIpc) is 3.54. The third kappa shape index (κ3) is 4.57. The summed E-state index contributed by atoms with van der Waals surface area (Å²) in [5, 5.41) is 14.7. The van der Waals surface area contributed by atoms with Crippen LogP contribution in [-0.2, 0) is 13.0 Å². The minimum absolute atomic E-state index is 0.657. The molecule has 0 spiro atoms. The Morgan fingerprint density at radius 3 is 2.52 bits per heavy atom. The first kappa shape index (κ1) is 20.8. The highest BCUT2D eigenvalue weighted by molar-refractivity contribution is 5.80. The molecule has 0 radical (unpaired) electrons. The summed E-state index contributed by atoms with van der Waals surface area (Å²) in [6.07, 6.45) is 8.93. The molecule has 5 rings (SSSR count). The summed E-state index contributed by atoms with van der Waals surface area (Å²) in [7, 11) is 0. The van der Waals surface area contributed by atoms with Crippen molar-refractivity contribution < 1.29 is 0 Å². The van der Waals surface area contributed by atoms with Gasteiger partial charge in [-0.3, -0.25) is 4.98 Å². The molecule has 164 valence electrons. The third-order valence-corrected chi connectivity index (χ3v) is 5.71. The molecule has 0 saturated carbocycles. The van der Waals surface area contributed by atoms with Crippen molar-refractivity contribution in [2.24, 2.45) is 0 Å². The fourth-order valence-electron chi connectivity index (χ4n) is 4.01. The second kappa shape index (κ2) is 9.56. The van der Waals surface area contributed by atoms with Crippen molar-refractivity contribution in [3.63, 3.8) is 0 Å². The van der Waals surface area contributed by atoms with E-state index in [1.54, 1.807) is 12.4 Å². The maximum atomic E-state index is 4.95. The van der Waals surface area contributed by atoms with Crippen LogP contribution in [-0.4, -0.2) is 35.2 Å². The zero-order valence-electron chi connectivity index (χ0n) is 18.5. The van der Waals surface area contributed by atoms with Crippen LogP contribution in [0.4, 0.5) is 0 Å². The molecule has 0 bridgehead atoms. The minimum Gasteiger partial charge on any atom is -0.330 e. The third-order valence-electron chi connectivity index (χ3n) is 5.71. The van der Waals surface area contributed by atoms with Gasteiger partial charge in [0.1, 0.15) is 5.82 Å². The van der Waals surface area contributed by atoms with Crippen LogP contribution < -0.4 is 0 Å². The lowest BCUT2D eigenvalue weighted by molar-refractivity contribution is 0.678. The number of aryl methyl sites for hydroxylation is 1. The SMILES string of the molecule is CCCCc1nc(-c2ccncc2)cn1Cc1ccc(-c2ccccc2)c(-c2nnn[nH]2)c1. The topological polar surface area (TPSA) is 85.2 Å². The summed E-state index contributed by atoms with van der Waals surface area (Å²) in [4.78, 5) is 9.08. The van der Waals surface area contributed by atoms with Crippen molar-refractivity contribution >= 4 is 0 Å². The van der Waals surface area contributed by atoms with Crippen molar-refractivity contribution in [1.82, 2.24) is 35.2 Å². The van der Waals surface area contributed by atoms with Gasteiger partial charge < -0.3 is 4.57 Å². The normalized spacial score (nSPS) is 11.1. The molecule has 3 aromatic heterocycles. The number of aromatic amines is 1. The first-order valence-electron chi connectivity index (χ1n) is 11.2. The Hall–Kier alpha value is -4.13. The maximum Gasteiger partial charge on any atom is 0.180 e. The van der Waals surface area contributed by atoms with Crippen LogP contribution in [0.15, 0.2) is 79.3 Å². The Labute approximate surface area is 192 Å². The van der Waals surface area contributed by atoms with Gasteiger partial charge in [0, 0.05) is 42.7 Å². The summed E-state index contributed by atoms with van der Waals surface area (Å²) >= 11 is 0. The van der Waals surface area contributed by atoms with E-state index in [1.165, 1.54) is 0 Å². The lowest BCUT2D eigenvalue weighted by Crippen LogP contribution is -2.05. The first-order chi connectivity index (χ1) is 16.3. The monoisotopic (exact) mass is 435 g/mol. The average molecular weight is 436 g/mol. The van der Waals surface area contributed by atoms with Crippen molar-refractivity contribution in [3.05, 3.63) is 90.6 Å². The molecule has 7 heteroatoms. The van der Waals surface area contributed by atoms with Gasteiger partial charge in [-0.2, -0.15) is 0 Å². The van der Waals surface area contributed by atoms with E-state index in [1.807, 2.05) is 30.3 Å². The Balaban J connectivity index is 1.53.